The standard InChI is InChI=1S/C6H15NO3/c1-3-9-4-5-10-6-7(2)8/h7H,3-6H2,1-2H3. The molecule has 0 radical (unpaired) electrons. The van der Waals surface area contributed by atoms with Gasteiger partial charge in [-0.25, -0.2) is 0 Å². The van der Waals surface area contributed by atoms with Crippen LogP contribution in [0, 0.1) is 5.21 Å². The topological polar surface area (TPSA) is 46.0 Å². The summed E-state index contributed by atoms with van der Waals surface area (Å²) in [5, 5.41) is 10.4. The van der Waals surface area contributed by atoms with Crippen LogP contribution < -0.4 is 5.06 Å². The number of rotatable bonds is 6. The van der Waals surface area contributed by atoms with E-state index in [9.17, 15) is 5.21 Å². The number of ether oxygens (including phenoxy) is 2. The molecule has 1 atom stereocenters. The molecule has 4 nitrogen and oxygen atoms in total. The van der Waals surface area contributed by atoms with Crippen molar-refractivity contribution in [3.05, 3.63) is 5.21 Å². The number of hydroxylamine groups is 2. The summed E-state index contributed by atoms with van der Waals surface area (Å²) in [6, 6.07) is 0. The Kier molecular flexibility index (Phi) is 6.84. The smallest absolute Gasteiger partial charge is 0.181 e. The van der Waals surface area contributed by atoms with Gasteiger partial charge in [-0.2, -0.15) is 0 Å². The maximum Gasteiger partial charge on any atom is 0.181 e. The number of nitrogens with one attached hydrogen (secondary N) is 1. The second-order valence-corrected chi connectivity index (χ2v) is 1.95. The van der Waals surface area contributed by atoms with Gasteiger partial charge in [0, 0.05) is 6.61 Å². The summed E-state index contributed by atoms with van der Waals surface area (Å²) in [6.45, 7) is 3.90. The first-order valence-electron chi connectivity index (χ1n) is 3.42. The van der Waals surface area contributed by atoms with Crippen molar-refractivity contribution in [3.63, 3.8) is 0 Å². The summed E-state index contributed by atoms with van der Waals surface area (Å²) >= 11 is 0. The van der Waals surface area contributed by atoms with E-state index in [0.29, 0.717) is 19.8 Å². The van der Waals surface area contributed by atoms with E-state index in [-0.39, 0.29) is 11.8 Å². The highest BCUT2D eigenvalue weighted by molar-refractivity contribution is 4.23. The van der Waals surface area contributed by atoms with Crippen LogP contribution >= 0.6 is 0 Å². The van der Waals surface area contributed by atoms with Crippen LogP contribution in [0.4, 0.5) is 0 Å². The molecule has 0 aliphatic rings. The van der Waals surface area contributed by atoms with Crippen molar-refractivity contribution in [2.24, 2.45) is 0 Å². The molecule has 0 saturated heterocycles. The van der Waals surface area contributed by atoms with Crippen LogP contribution in [0.3, 0.4) is 0 Å². The molecule has 0 aromatic rings. The third-order valence-electron chi connectivity index (χ3n) is 0.881. The van der Waals surface area contributed by atoms with E-state index in [0.717, 1.165) is 0 Å². The van der Waals surface area contributed by atoms with E-state index in [1.54, 1.807) is 0 Å². The fourth-order valence-corrected chi connectivity index (χ4v) is 0.478. The molecule has 0 bridgehead atoms. The lowest BCUT2D eigenvalue weighted by atomic mass is 10.7. The van der Waals surface area contributed by atoms with Crippen molar-refractivity contribution in [1.82, 2.24) is 0 Å². The summed E-state index contributed by atoms with van der Waals surface area (Å²) in [4.78, 5) is 0. The van der Waals surface area contributed by atoms with Crippen LogP contribution in [0.25, 0.3) is 0 Å². The molecule has 10 heavy (non-hydrogen) atoms. The molecule has 0 aromatic carbocycles. The fraction of sp³-hybridized carbons (Fsp3) is 1.00. The molecule has 4 heteroatoms. The van der Waals surface area contributed by atoms with Gasteiger partial charge >= 0.3 is 0 Å². The van der Waals surface area contributed by atoms with Crippen molar-refractivity contribution in [2.75, 3.05) is 33.6 Å². The second-order valence-electron chi connectivity index (χ2n) is 1.95. The van der Waals surface area contributed by atoms with Crippen LogP contribution in [0.2, 0.25) is 0 Å². The molecule has 0 aliphatic carbocycles. The highest BCUT2D eigenvalue weighted by Gasteiger charge is 1.88. The Morgan fingerprint density at radius 3 is 2.40 bits per heavy atom. The van der Waals surface area contributed by atoms with Gasteiger partial charge in [0.15, 0.2) is 6.73 Å². The molecular formula is C6H15NO3. The Labute approximate surface area is 61.3 Å². The zero-order valence-corrected chi connectivity index (χ0v) is 6.55. The summed E-state index contributed by atoms with van der Waals surface area (Å²) in [5.41, 5.74) is 0. The average molecular weight is 149 g/mol. The van der Waals surface area contributed by atoms with E-state index in [1.807, 2.05) is 6.92 Å². The first-order chi connectivity index (χ1) is 4.77. The normalized spacial score (nSPS) is 13.5. The maximum absolute atomic E-state index is 10.3. The van der Waals surface area contributed by atoms with Crippen molar-refractivity contribution >= 4 is 0 Å². The van der Waals surface area contributed by atoms with Gasteiger partial charge in [-0.1, -0.05) is 0 Å². The van der Waals surface area contributed by atoms with Crippen molar-refractivity contribution in [3.8, 4) is 0 Å². The number of hydrogen-bond donors (Lipinski definition) is 1. The Bertz CT molecular complexity index is 68.0. The number of quaternary nitrogens is 1. The predicted octanol–water partition coefficient (Wildman–Crippen LogP) is -0.990. The molecule has 0 aromatic heterocycles. The van der Waals surface area contributed by atoms with Crippen LogP contribution in [0.5, 0.6) is 0 Å². The maximum atomic E-state index is 10.3. The Hall–Kier alpha value is -0.160. The van der Waals surface area contributed by atoms with E-state index >= 15 is 0 Å². The average Bonchev–Trinajstić information content (AvgIpc) is 1.87. The van der Waals surface area contributed by atoms with Crippen LogP contribution in [0.15, 0.2) is 0 Å². The lowest BCUT2D eigenvalue weighted by Gasteiger charge is -2.15. The molecule has 0 aliphatic heterocycles. The summed E-state index contributed by atoms with van der Waals surface area (Å²) in [6.07, 6.45) is 0. The molecule has 0 spiro atoms. The van der Waals surface area contributed by atoms with Gasteiger partial charge in [0.25, 0.3) is 0 Å². The molecule has 0 saturated carbocycles. The lowest BCUT2D eigenvalue weighted by molar-refractivity contribution is -0.849. The van der Waals surface area contributed by atoms with Crippen molar-refractivity contribution in [2.45, 2.75) is 6.92 Å². The van der Waals surface area contributed by atoms with Gasteiger partial charge in [-0.3, -0.25) is 0 Å². The Balaban J connectivity index is 2.77. The minimum Gasteiger partial charge on any atom is -0.633 e. The highest BCUT2D eigenvalue weighted by Crippen LogP contribution is 1.73. The first kappa shape index (κ1) is 9.84. The summed E-state index contributed by atoms with van der Waals surface area (Å²) in [7, 11) is 1.50. The van der Waals surface area contributed by atoms with Gasteiger partial charge in [-0.15, -0.1) is 0 Å². The van der Waals surface area contributed by atoms with Crippen LogP contribution in [-0.2, 0) is 9.47 Å². The lowest BCUT2D eigenvalue weighted by Crippen LogP contribution is -3.04. The van der Waals surface area contributed by atoms with Crippen molar-refractivity contribution < 1.29 is 14.5 Å². The minimum atomic E-state index is 0.0523. The van der Waals surface area contributed by atoms with Gasteiger partial charge in [-0.05, 0) is 6.92 Å². The molecule has 1 N–H and O–H groups in total. The monoisotopic (exact) mass is 149 g/mol. The quantitative estimate of drug-likeness (QED) is 0.299. The summed E-state index contributed by atoms with van der Waals surface area (Å²) < 4.78 is 9.90. The highest BCUT2D eigenvalue weighted by atomic mass is 16.6. The minimum absolute atomic E-state index is 0.0523. The van der Waals surface area contributed by atoms with Gasteiger partial charge < -0.3 is 19.7 Å². The third kappa shape index (κ3) is 7.84. The zero-order valence-electron chi connectivity index (χ0n) is 6.55. The van der Waals surface area contributed by atoms with Crippen molar-refractivity contribution in [1.29, 1.82) is 0 Å². The molecule has 62 valence electrons. The predicted molar refractivity (Wildman–Crippen MR) is 37.6 cm³/mol. The molecule has 0 amide bonds. The molecule has 0 rings (SSSR count). The van der Waals surface area contributed by atoms with Gasteiger partial charge in [0.2, 0.25) is 0 Å². The molecule has 1 unspecified atom stereocenters. The van der Waals surface area contributed by atoms with Gasteiger partial charge in [0.05, 0.1) is 20.3 Å². The molecule has 0 heterocycles. The fourth-order valence-electron chi connectivity index (χ4n) is 0.478. The van der Waals surface area contributed by atoms with Crippen LogP contribution in [0.1, 0.15) is 6.92 Å². The second kappa shape index (κ2) is 6.95. The van der Waals surface area contributed by atoms with Crippen LogP contribution in [-0.4, -0.2) is 33.6 Å². The van der Waals surface area contributed by atoms with E-state index in [2.05, 4.69) is 0 Å². The van der Waals surface area contributed by atoms with E-state index in [1.165, 1.54) is 7.05 Å². The molecule has 0 fully saturated rings. The first-order valence-corrected chi connectivity index (χ1v) is 3.42. The number of hydrogen-bond acceptors (Lipinski definition) is 3. The zero-order chi connectivity index (χ0) is 7.82. The Morgan fingerprint density at radius 1 is 1.30 bits per heavy atom. The largest absolute Gasteiger partial charge is 0.633 e. The molecular weight excluding hydrogens is 134 g/mol. The third-order valence-corrected chi connectivity index (χ3v) is 0.881. The van der Waals surface area contributed by atoms with E-state index < -0.39 is 0 Å². The van der Waals surface area contributed by atoms with Gasteiger partial charge in [0.1, 0.15) is 0 Å². The van der Waals surface area contributed by atoms with E-state index in [4.69, 9.17) is 9.47 Å². The Morgan fingerprint density at radius 2 is 1.90 bits per heavy atom. The SMILES string of the molecule is CCOCCOC[NH+](C)[O-]. The summed E-state index contributed by atoms with van der Waals surface area (Å²) in [5.74, 6) is 0.